The van der Waals surface area contributed by atoms with Gasteiger partial charge in [0.25, 0.3) is 0 Å². The van der Waals surface area contributed by atoms with Crippen molar-refractivity contribution >= 4 is 27.5 Å². The van der Waals surface area contributed by atoms with E-state index < -0.39 is 10.0 Å². The van der Waals surface area contributed by atoms with Crippen LogP contribution < -0.4 is 5.32 Å². The first-order valence-electron chi connectivity index (χ1n) is 7.75. The molecule has 1 amide bonds. The summed E-state index contributed by atoms with van der Waals surface area (Å²) < 4.78 is 27.1. The molecular weight excluding hydrogens is 338 g/mol. The predicted octanol–water partition coefficient (Wildman–Crippen LogP) is 0.925. The first-order chi connectivity index (χ1) is 11.0. The molecule has 1 atom stereocenters. The minimum absolute atomic E-state index is 0.0400. The Morgan fingerprint density at radius 3 is 2.74 bits per heavy atom. The number of nitrogens with one attached hydrogen (secondary N) is 1. The highest BCUT2D eigenvalue weighted by atomic mass is 35.5. The molecule has 2 aliphatic heterocycles. The molecule has 1 aromatic carbocycles. The highest BCUT2D eigenvalue weighted by Crippen LogP contribution is 2.27. The van der Waals surface area contributed by atoms with E-state index in [1.54, 1.807) is 18.2 Å². The van der Waals surface area contributed by atoms with Gasteiger partial charge in [0.2, 0.25) is 15.9 Å². The van der Waals surface area contributed by atoms with Gasteiger partial charge in [-0.25, -0.2) is 8.42 Å². The SMILES string of the molecule is O=C1CNCCN1C1CCCN(S(=O)(=O)c2ccccc2Cl)C1. The van der Waals surface area contributed by atoms with Gasteiger partial charge < -0.3 is 10.2 Å². The van der Waals surface area contributed by atoms with Crippen LogP contribution in [-0.4, -0.2) is 62.3 Å². The van der Waals surface area contributed by atoms with Crippen molar-refractivity contribution in [3.8, 4) is 0 Å². The van der Waals surface area contributed by atoms with Gasteiger partial charge in [0, 0.05) is 32.2 Å². The van der Waals surface area contributed by atoms with E-state index in [0.717, 1.165) is 19.4 Å². The van der Waals surface area contributed by atoms with Crippen molar-refractivity contribution in [3.05, 3.63) is 29.3 Å². The van der Waals surface area contributed by atoms with Crippen LogP contribution in [0.3, 0.4) is 0 Å². The summed E-state index contributed by atoms with van der Waals surface area (Å²) in [4.78, 5) is 14.0. The van der Waals surface area contributed by atoms with E-state index in [4.69, 9.17) is 11.6 Å². The van der Waals surface area contributed by atoms with Crippen molar-refractivity contribution in [1.29, 1.82) is 0 Å². The summed E-state index contributed by atoms with van der Waals surface area (Å²) in [6, 6.07) is 6.42. The average molecular weight is 358 g/mol. The smallest absolute Gasteiger partial charge is 0.244 e. The fraction of sp³-hybridized carbons (Fsp3) is 0.533. The topological polar surface area (TPSA) is 69.7 Å². The van der Waals surface area contributed by atoms with Crippen molar-refractivity contribution in [2.45, 2.75) is 23.8 Å². The van der Waals surface area contributed by atoms with Crippen molar-refractivity contribution < 1.29 is 13.2 Å². The summed E-state index contributed by atoms with van der Waals surface area (Å²) in [6.07, 6.45) is 1.58. The van der Waals surface area contributed by atoms with Gasteiger partial charge in [-0.2, -0.15) is 4.31 Å². The zero-order valence-corrected chi connectivity index (χ0v) is 14.3. The van der Waals surface area contributed by atoms with Crippen LogP contribution in [-0.2, 0) is 14.8 Å². The Morgan fingerprint density at radius 1 is 1.22 bits per heavy atom. The second-order valence-electron chi connectivity index (χ2n) is 5.85. The number of carbonyl (C=O) groups excluding carboxylic acids is 1. The molecule has 2 saturated heterocycles. The van der Waals surface area contributed by atoms with E-state index in [0.29, 0.717) is 26.2 Å². The van der Waals surface area contributed by atoms with Gasteiger partial charge in [0.15, 0.2) is 0 Å². The van der Waals surface area contributed by atoms with E-state index >= 15 is 0 Å². The summed E-state index contributed by atoms with van der Waals surface area (Å²) in [5, 5.41) is 3.27. The Morgan fingerprint density at radius 2 is 2.00 bits per heavy atom. The summed E-state index contributed by atoms with van der Waals surface area (Å²) >= 11 is 6.06. The number of hydrogen-bond acceptors (Lipinski definition) is 4. The fourth-order valence-electron chi connectivity index (χ4n) is 3.19. The van der Waals surface area contributed by atoms with E-state index in [2.05, 4.69) is 5.32 Å². The number of rotatable bonds is 3. The van der Waals surface area contributed by atoms with Gasteiger partial charge in [-0.05, 0) is 25.0 Å². The molecule has 6 nitrogen and oxygen atoms in total. The number of benzene rings is 1. The molecule has 1 N–H and O–H groups in total. The second kappa shape index (κ2) is 6.76. The van der Waals surface area contributed by atoms with Crippen LogP contribution in [0, 0.1) is 0 Å². The Labute approximate surface area is 141 Å². The molecule has 2 fully saturated rings. The van der Waals surface area contributed by atoms with Gasteiger partial charge in [0.05, 0.1) is 11.6 Å². The summed E-state index contributed by atoms with van der Waals surface area (Å²) in [5.41, 5.74) is 0. The highest BCUT2D eigenvalue weighted by molar-refractivity contribution is 7.89. The molecule has 0 bridgehead atoms. The first kappa shape index (κ1) is 16.7. The Bertz CT molecular complexity index is 695. The monoisotopic (exact) mass is 357 g/mol. The number of carbonyl (C=O) groups is 1. The molecule has 126 valence electrons. The van der Waals surface area contributed by atoms with Crippen LogP contribution in [0.2, 0.25) is 5.02 Å². The minimum atomic E-state index is -3.63. The van der Waals surface area contributed by atoms with Crippen molar-refractivity contribution in [3.63, 3.8) is 0 Å². The molecule has 8 heteroatoms. The molecular formula is C15H20ClN3O3S. The van der Waals surface area contributed by atoms with Gasteiger partial charge >= 0.3 is 0 Å². The van der Waals surface area contributed by atoms with Crippen LogP contribution >= 0.6 is 11.6 Å². The number of amides is 1. The molecule has 2 aliphatic rings. The Hall–Kier alpha value is -1.15. The maximum absolute atomic E-state index is 12.8. The van der Waals surface area contributed by atoms with E-state index in [1.165, 1.54) is 10.4 Å². The van der Waals surface area contributed by atoms with Crippen molar-refractivity contribution in [1.82, 2.24) is 14.5 Å². The van der Waals surface area contributed by atoms with Crippen molar-refractivity contribution in [2.75, 3.05) is 32.7 Å². The van der Waals surface area contributed by atoms with Crippen molar-refractivity contribution in [2.24, 2.45) is 0 Å². The summed E-state index contributed by atoms with van der Waals surface area (Å²) in [7, 11) is -3.63. The standard InChI is InChI=1S/C15H20ClN3O3S/c16-13-5-1-2-6-14(13)23(21,22)18-8-3-4-12(11-18)19-9-7-17-10-15(19)20/h1-2,5-6,12,17H,3-4,7-11H2. The Kier molecular flexibility index (Phi) is 4.91. The highest BCUT2D eigenvalue weighted by Gasteiger charge is 2.35. The molecule has 3 rings (SSSR count). The van der Waals surface area contributed by atoms with Crippen LogP contribution in [0.5, 0.6) is 0 Å². The van der Waals surface area contributed by atoms with Gasteiger partial charge in [-0.1, -0.05) is 23.7 Å². The molecule has 0 spiro atoms. The van der Waals surface area contributed by atoms with Gasteiger partial charge in [-0.15, -0.1) is 0 Å². The lowest BCUT2D eigenvalue weighted by atomic mass is 10.1. The largest absolute Gasteiger partial charge is 0.336 e. The third kappa shape index (κ3) is 3.38. The van der Waals surface area contributed by atoms with Gasteiger partial charge in [-0.3, -0.25) is 4.79 Å². The number of nitrogens with zero attached hydrogens (tertiary/aromatic N) is 2. The normalized spacial score (nSPS) is 24.0. The maximum Gasteiger partial charge on any atom is 0.244 e. The minimum Gasteiger partial charge on any atom is -0.336 e. The lowest BCUT2D eigenvalue weighted by Gasteiger charge is -2.40. The molecule has 23 heavy (non-hydrogen) atoms. The molecule has 2 heterocycles. The second-order valence-corrected chi connectivity index (χ2v) is 8.17. The number of halogens is 1. The third-order valence-electron chi connectivity index (χ3n) is 4.38. The van der Waals surface area contributed by atoms with Gasteiger partial charge in [0.1, 0.15) is 4.90 Å². The zero-order valence-electron chi connectivity index (χ0n) is 12.7. The quantitative estimate of drug-likeness (QED) is 0.873. The number of piperazine rings is 1. The molecule has 0 aromatic heterocycles. The predicted molar refractivity (Wildman–Crippen MR) is 87.8 cm³/mol. The number of hydrogen-bond donors (Lipinski definition) is 1. The fourth-order valence-corrected chi connectivity index (χ4v) is 5.20. The summed E-state index contributed by atoms with van der Waals surface area (Å²) in [5.74, 6) is 0.0400. The number of piperidine rings is 1. The van der Waals surface area contributed by atoms with E-state index in [1.807, 2.05) is 4.90 Å². The Balaban J connectivity index is 1.80. The lowest BCUT2D eigenvalue weighted by molar-refractivity contribution is -0.135. The first-order valence-corrected chi connectivity index (χ1v) is 9.57. The molecule has 1 unspecified atom stereocenters. The van der Waals surface area contributed by atoms with Crippen LogP contribution in [0.4, 0.5) is 0 Å². The third-order valence-corrected chi connectivity index (χ3v) is 6.75. The summed E-state index contributed by atoms with van der Waals surface area (Å²) in [6.45, 7) is 2.50. The van der Waals surface area contributed by atoms with Crippen LogP contribution in [0.15, 0.2) is 29.2 Å². The van der Waals surface area contributed by atoms with E-state index in [-0.39, 0.29) is 21.9 Å². The van der Waals surface area contributed by atoms with E-state index in [9.17, 15) is 13.2 Å². The van der Waals surface area contributed by atoms with Crippen LogP contribution in [0.1, 0.15) is 12.8 Å². The maximum atomic E-state index is 12.8. The lowest BCUT2D eigenvalue weighted by Crippen LogP contribution is -2.57. The molecule has 0 radical (unpaired) electrons. The molecule has 0 saturated carbocycles. The number of sulfonamides is 1. The molecule has 0 aliphatic carbocycles. The van der Waals surface area contributed by atoms with Crippen LogP contribution in [0.25, 0.3) is 0 Å². The zero-order chi connectivity index (χ0) is 16.4. The molecule has 1 aromatic rings. The average Bonchev–Trinajstić information content (AvgIpc) is 2.55.